The lowest BCUT2D eigenvalue weighted by Gasteiger charge is -2.42. The van der Waals surface area contributed by atoms with Crippen LogP contribution in [0.4, 0.5) is 30.5 Å². The first-order valence-electron chi connectivity index (χ1n) is 14.7. The van der Waals surface area contributed by atoms with Crippen LogP contribution in [0.25, 0.3) is 16.9 Å². The Morgan fingerprint density at radius 1 is 1.05 bits per heavy atom. The molecule has 1 atom stereocenters. The number of benzene rings is 1. The lowest BCUT2D eigenvalue weighted by Crippen LogP contribution is -2.53. The molecule has 0 bridgehead atoms. The highest BCUT2D eigenvalue weighted by Crippen LogP contribution is 2.68. The molecule has 0 radical (unpaired) electrons. The Hall–Kier alpha value is -4.23. The van der Waals surface area contributed by atoms with Gasteiger partial charge in [-0.3, -0.25) is 4.79 Å². The van der Waals surface area contributed by atoms with Crippen LogP contribution >= 0.6 is 0 Å². The van der Waals surface area contributed by atoms with E-state index in [1.165, 1.54) is 21.6 Å². The second-order valence-corrected chi connectivity index (χ2v) is 12.0. The van der Waals surface area contributed by atoms with E-state index in [4.69, 9.17) is 0 Å². The van der Waals surface area contributed by atoms with Crippen molar-refractivity contribution in [2.75, 3.05) is 43.4 Å². The molecule has 1 saturated carbocycles. The molecule has 3 aliphatic rings. The number of likely N-dealkylation sites (N-methyl/N-ethyl adjacent to an activating group) is 1. The van der Waals surface area contributed by atoms with Crippen molar-refractivity contribution in [2.24, 2.45) is 5.41 Å². The Balaban J connectivity index is 1.28. The standard InChI is InChI=1S/C31H33F3N8O2/c1-3-14-41-27(43)23-19-35-28(36-21-5-7-22(8-6-21)40-17-15-39(2)16-18-40)38-26(23)42(41)24-9-4-20-10-11-29(12-13-29)30(44,25(20)37-24)31(32,33)34/h3-9,19,44H,1,10-18H2,2H3,(H,35,36,38)/t30-/m1/s1. The van der Waals surface area contributed by atoms with Crippen molar-refractivity contribution in [3.05, 3.63) is 76.9 Å². The Labute approximate surface area is 251 Å². The van der Waals surface area contributed by atoms with Crippen LogP contribution in [0.3, 0.4) is 0 Å². The fraction of sp³-hybridized carbons (Fsp3) is 0.419. The Bertz CT molecular complexity index is 1800. The highest BCUT2D eigenvalue weighted by Gasteiger charge is 2.74. The van der Waals surface area contributed by atoms with E-state index in [9.17, 15) is 23.1 Å². The third kappa shape index (κ3) is 4.40. The van der Waals surface area contributed by atoms with E-state index in [0.717, 1.165) is 37.6 Å². The number of nitrogens with zero attached hydrogens (tertiary/aromatic N) is 7. The van der Waals surface area contributed by atoms with E-state index >= 15 is 0 Å². The zero-order chi connectivity index (χ0) is 30.9. The molecule has 7 rings (SSSR count). The number of fused-ring (bicyclic) bond motifs is 2. The number of aryl methyl sites for hydroxylation is 1. The molecule has 1 spiro atoms. The van der Waals surface area contributed by atoms with Crippen LogP contribution in [0, 0.1) is 5.41 Å². The number of halogens is 3. The summed E-state index contributed by atoms with van der Waals surface area (Å²) in [5.41, 5.74) is -2.83. The molecule has 10 nitrogen and oxygen atoms in total. The van der Waals surface area contributed by atoms with Crippen LogP contribution in [0.2, 0.25) is 0 Å². The van der Waals surface area contributed by atoms with Crippen molar-refractivity contribution >= 4 is 28.4 Å². The van der Waals surface area contributed by atoms with Crippen LogP contribution in [-0.2, 0) is 18.6 Å². The maximum atomic E-state index is 14.5. The number of hydrogen-bond acceptors (Lipinski definition) is 8. The molecule has 0 unspecified atom stereocenters. The van der Waals surface area contributed by atoms with Crippen LogP contribution in [-0.4, -0.2) is 73.7 Å². The van der Waals surface area contributed by atoms with Gasteiger partial charge >= 0.3 is 6.18 Å². The number of anilines is 3. The number of piperazine rings is 1. The first kappa shape index (κ1) is 28.5. The Kier molecular flexibility index (Phi) is 6.59. The Morgan fingerprint density at radius 2 is 1.77 bits per heavy atom. The summed E-state index contributed by atoms with van der Waals surface area (Å²) in [5, 5.41) is 14.7. The number of hydrogen-bond donors (Lipinski definition) is 2. The third-order valence-electron chi connectivity index (χ3n) is 9.40. The molecular formula is C31H33F3N8O2. The zero-order valence-corrected chi connectivity index (χ0v) is 24.3. The predicted molar refractivity (Wildman–Crippen MR) is 160 cm³/mol. The van der Waals surface area contributed by atoms with E-state index < -0.39 is 28.4 Å². The lowest BCUT2D eigenvalue weighted by molar-refractivity contribution is -0.298. The second kappa shape index (κ2) is 10.2. The van der Waals surface area contributed by atoms with Crippen molar-refractivity contribution in [3.8, 4) is 5.82 Å². The summed E-state index contributed by atoms with van der Waals surface area (Å²) in [6.07, 6.45) is -0.829. The summed E-state index contributed by atoms with van der Waals surface area (Å²) in [6, 6.07) is 11.0. The van der Waals surface area contributed by atoms with Crippen LogP contribution < -0.4 is 15.8 Å². The normalized spacial score (nSPS) is 21.4. The van der Waals surface area contributed by atoms with Gasteiger partial charge in [0.1, 0.15) is 5.39 Å². The average Bonchev–Trinajstić information content (AvgIpc) is 3.75. The van der Waals surface area contributed by atoms with Gasteiger partial charge in [0.15, 0.2) is 11.5 Å². The zero-order valence-electron chi connectivity index (χ0n) is 24.3. The van der Waals surface area contributed by atoms with Crippen molar-refractivity contribution < 1.29 is 18.3 Å². The van der Waals surface area contributed by atoms with Crippen LogP contribution in [0.1, 0.15) is 30.5 Å². The van der Waals surface area contributed by atoms with Gasteiger partial charge in [0.05, 0.1) is 12.2 Å². The molecule has 4 heterocycles. The highest BCUT2D eigenvalue weighted by molar-refractivity contribution is 5.77. The van der Waals surface area contributed by atoms with E-state index in [1.54, 1.807) is 12.1 Å². The maximum absolute atomic E-state index is 14.5. The smallest absolute Gasteiger partial charge is 0.375 e. The minimum absolute atomic E-state index is 0.0410. The number of rotatable bonds is 6. The molecule has 230 valence electrons. The number of pyridine rings is 1. The SMILES string of the molecule is C=CCn1c(=O)c2cnc(Nc3ccc(N4CCN(C)CC4)cc3)nc2n1-c1ccc2c(n1)[C@](O)(C(F)(F)F)C1(CC2)CC1. The molecule has 1 aliphatic heterocycles. The summed E-state index contributed by atoms with van der Waals surface area (Å²) >= 11 is 0. The molecule has 4 aromatic rings. The van der Waals surface area contributed by atoms with Gasteiger partial charge in [-0.1, -0.05) is 12.1 Å². The van der Waals surface area contributed by atoms with E-state index in [0.29, 0.717) is 12.0 Å². The second-order valence-electron chi connectivity index (χ2n) is 12.0. The molecule has 13 heteroatoms. The minimum Gasteiger partial charge on any atom is -0.375 e. The van der Waals surface area contributed by atoms with Gasteiger partial charge in [-0.05, 0) is 68.6 Å². The molecule has 2 fully saturated rings. The monoisotopic (exact) mass is 606 g/mol. The van der Waals surface area contributed by atoms with Crippen molar-refractivity contribution in [3.63, 3.8) is 0 Å². The van der Waals surface area contributed by atoms with E-state index in [-0.39, 0.29) is 48.6 Å². The number of aliphatic hydroxyl groups is 1. The largest absolute Gasteiger partial charge is 0.423 e. The average molecular weight is 607 g/mol. The molecule has 1 saturated heterocycles. The van der Waals surface area contributed by atoms with Gasteiger partial charge in [0.25, 0.3) is 5.56 Å². The minimum atomic E-state index is -4.91. The third-order valence-corrected chi connectivity index (χ3v) is 9.40. The summed E-state index contributed by atoms with van der Waals surface area (Å²) in [4.78, 5) is 31.4. The lowest BCUT2D eigenvalue weighted by atomic mass is 9.71. The maximum Gasteiger partial charge on any atom is 0.423 e. The number of allylic oxidation sites excluding steroid dienone is 1. The van der Waals surface area contributed by atoms with E-state index in [1.807, 2.05) is 24.3 Å². The van der Waals surface area contributed by atoms with Gasteiger partial charge in [0, 0.05) is 49.2 Å². The van der Waals surface area contributed by atoms with Gasteiger partial charge in [0.2, 0.25) is 11.5 Å². The molecule has 2 aliphatic carbocycles. The summed E-state index contributed by atoms with van der Waals surface area (Å²) in [6.45, 7) is 7.67. The molecule has 44 heavy (non-hydrogen) atoms. The van der Waals surface area contributed by atoms with Crippen molar-refractivity contribution in [1.82, 2.24) is 29.2 Å². The summed E-state index contributed by atoms with van der Waals surface area (Å²) in [5.74, 6) is 0.246. The summed E-state index contributed by atoms with van der Waals surface area (Å²) < 4.78 is 46.3. The van der Waals surface area contributed by atoms with E-state index in [2.05, 4.69) is 43.7 Å². The Morgan fingerprint density at radius 3 is 2.43 bits per heavy atom. The van der Waals surface area contributed by atoms with Crippen LogP contribution in [0.5, 0.6) is 0 Å². The molecule has 2 N–H and O–H groups in total. The van der Waals surface area contributed by atoms with Crippen molar-refractivity contribution in [2.45, 2.75) is 44.0 Å². The van der Waals surface area contributed by atoms with Crippen molar-refractivity contribution in [1.29, 1.82) is 0 Å². The molecule has 0 amide bonds. The number of aromatic nitrogens is 5. The molecular weight excluding hydrogens is 573 g/mol. The van der Waals surface area contributed by atoms with Gasteiger partial charge in [-0.15, -0.1) is 6.58 Å². The number of alkyl halides is 3. The quantitative estimate of drug-likeness (QED) is 0.316. The summed E-state index contributed by atoms with van der Waals surface area (Å²) in [7, 11) is 2.11. The fourth-order valence-corrected chi connectivity index (χ4v) is 6.67. The highest BCUT2D eigenvalue weighted by atomic mass is 19.4. The first-order chi connectivity index (χ1) is 21.0. The number of nitrogens with one attached hydrogen (secondary N) is 1. The topological polar surface area (TPSA) is 104 Å². The molecule has 3 aromatic heterocycles. The van der Waals surface area contributed by atoms with Gasteiger partial charge < -0.3 is 20.2 Å². The molecule has 1 aromatic carbocycles. The first-order valence-corrected chi connectivity index (χ1v) is 14.7. The predicted octanol–water partition coefficient (Wildman–Crippen LogP) is 4.13. The van der Waals surface area contributed by atoms with Crippen LogP contribution in [0.15, 0.2) is 60.0 Å². The fourth-order valence-electron chi connectivity index (χ4n) is 6.67. The van der Waals surface area contributed by atoms with Gasteiger partial charge in [-0.25, -0.2) is 19.3 Å². The van der Waals surface area contributed by atoms with Gasteiger partial charge in [-0.2, -0.15) is 18.2 Å².